The Bertz CT molecular complexity index is 528. The van der Waals surface area contributed by atoms with E-state index < -0.39 is 0 Å². The molecule has 1 aromatic heterocycles. The molecule has 0 aliphatic heterocycles. The second-order valence-electron chi connectivity index (χ2n) is 3.77. The Labute approximate surface area is 111 Å². The third-order valence-electron chi connectivity index (χ3n) is 2.66. The van der Waals surface area contributed by atoms with Crippen LogP contribution >= 0.6 is 23.2 Å². The average Bonchev–Trinajstić information content (AvgIpc) is 2.38. The highest BCUT2D eigenvalue weighted by atomic mass is 35.5. The van der Waals surface area contributed by atoms with Crippen LogP contribution in [0.1, 0.15) is 12.0 Å². The van der Waals surface area contributed by atoms with E-state index in [0.29, 0.717) is 5.88 Å². The van der Waals surface area contributed by atoms with E-state index in [-0.39, 0.29) is 0 Å². The number of pyridine rings is 1. The predicted octanol–water partition coefficient (Wildman–Crippen LogP) is 4.07. The predicted molar refractivity (Wildman–Crippen MR) is 72.3 cm³/mol. The molecule has 0 spiro atoms. The second-order valence-corrected chi connectivity index (χ2v) is 4.53. The maximum Gasteiger partial charge on any atom is 0.119 e. The van der Waals surface area contributed by atoms with Crippen molar-refractivity contribution < 1.29 is 4.74 Å². The number of hydrogen-bond donors (Lipinski definition) is 0. The molecule has 2 rings (SSSR count). The van der Waals surface area contributed by atoms with Gasteiger partial charge in [-0.25, -0.2) is 0 Å². The van der Waals surface area contributed by atoms with E-state index in [1.54, 1.807) is 7.11 Å². The van der Waals surface area contributed by atoms with E-state index in [2.05, 4.69) is 4.98 Å². The average molecular weight is 270 g/mol. The number of fused-ring (bicyclic) bond motifs is 1. The second kappa shape index (κ2) is 5.56. The van der Waals surface area contributed by atoms with Crippen LogP contribution in [0.4, 0.5) is 0 Å². The molecule has 17 heavy (non-hydrogen) atoms. The van der Waals surface area contributed by atoms with Gasteiger partial charge in [-0.2, -0.15) is 0 Å². The molecule has 0 bridgehead atoms. The third-order valence-corrected chi connectivity index (χ3v) is 3.37. The lowest BCUT2D eigenvalue weighted by atomic mass is 10.1. The first-order valence-electron chi connectivity index (χ1n) is 5.43. The summed E-state index contributed by atoms with van der Waals surface area (Å²) >= 11 is 12.1. The molecule has 2 aromatic rings. The highest BCUT2D eigenvalue weighted by Gasteiger charge is 2.07. The van der Waals surface area contributed by atoms with Crippen LogP contribution in [0.25, 0.3) is 10.9 Å². The van der Waals surface area contributed by atoms with Gasteiger partial charge in [-0.05, 0) is 36.6 Å². The fraction of sp³-hybridized carbons (Fsp3) is 0.308. The van der Waals surface area contributed by atoms with Gasteiger partial charge in [0, 0.05) is 17.5 Å². The van der Waals surface area contributed by atoms with Gasteiger partial charge in [0.1, 0.15) is 5.75 Å². The van der Waals surface area contributed by atoms with E-state index in [4.69, 9.17) is 27.9 Å². The first kappa shape index (κ1) is 12.5. The van der Waals surface area contributed by atoms with Crippen LogP contribution in [0.2, 0.25) is 5.02 Å². The summed E-state index contributed by atoms with van der Waals surface area (Å²) in [6.45, 7) is 0. The molecule has 0 saturated heterocycles. The maximum absolute atomic E-state index is 6.37. The number of ether oxygens (including phenoxy) is 1. The van der Waals surface area contributed by atoms with Gasteiger partial charge in [0.2, 0.25) is 0 Å². The Kier molecular flexibility index (Phi) is 4.08. The van der Waals surface area contributed by atoms with Crippen molar-refractivity contribution in [3.63, 3.8) is 0 Å². The van der Waals surface area contributed by atoms with Gasteiger partial charge < -0.3 is 4.74 Å². The molecule has 90 valence electrons. The summed E-state index contributed by atoms with van der Waals surface area (Å²) in [6.07, 6.45) is 3.57. The van der Waals surface area contributed by atoms with Crippen LogP contribution < -0.4 is 4.74 Å². The molecular formula is C13H13Cl2NO. The molecule has 0 unspecified atom stereocenters. The molecule has 4 heteroatoms. The largest absolute Gasteiger partial charge is 0.497 e. The van der Waals surface area contributed by atoms with E-state index in [9.17, 15) is 0 Å². The number of halogens is 2. The Morgan fingerprint density at radius 3 is 2.88 bits per heavy atom. The van der Waals surface area contributed by atoms with Gasteiger partial charge in [0.15, 0.2) is 0 Å². The van der Waals surface area contributed by atoms with Crippen molar-refractivity contribution in [2.24, 2.45) is 0 Å². The van der Waals surface area contributed by atoms with Crippen molar-refractivity contribution in [3.8, 4) is 5.75 Å². The fourth-order valence-electron chi connectivity index (χ4n) is 1.74. The zero-order valence-electron chi connectivity index (χ0n) is 9.54. The summed E-state index contributed by atoms with van der Waals surface area (Å²) in [7, 11) is 1.64. The quantitative estimate of drug-likeness (QED) is 0.781. The van der Waals surface area contributed by atoms with E-state index in [0.717, 1.165) is 40.1 Å². The van der Waals surface area contributed by atoms with Gasteiger partial charge in [0.05, 0.1) is 17.6 Å². The Morgan fingerprint density at radius 2 is 2.18 bits per heavy atom. The van der Waals surface area contributed by atoms with Gasteiger partial charge >= 0.3 is 0 Å². The number of nitrogens with zero attached hydrogens (tertiary/aromatic N) is 1. The molecule has 1 aromatic carbocycles. The summed E-state index contributed by atoms with van der Waals surface area (Å²) in [5.41, 5.74) is 1.92. The van der Waals surface area contributed by atoms with Crippen molar-refractivity contribution in [1.82, 2.24) is 4.98 Å². The van der Waals surface area contributed by atoms with Gasteiger partial charge in [-0.1, -0.05) is 11.6 Å². The zero-order valence-corrected chi connectivity index (χ0v) is 11.1. The normalized spacial score (nSPS) is 10.8. The molecule has 2 nitrogen and oxygen atoms in total. The van der Waals surface area contributed by atoms with Crippen LogP contribution in [0.3, 0.4) is 0 Å². The van der Waals surface area contributed by atoms with Crippen molar-refractivity contribution in [1.29, 1.82) is 0 Å². The summed E-state index contributed by atoms with van der Waals surface area (Å²) in [4.78, 5) is 4.39. The molecule has 0 N–H and O–H groups in total. The summed E-state index contributed by atoms with van der Waals surface area (Å²) in [5.74, 6) is 1.42. The minimum atomic E-state index is 0.631. The fourth-order valence-corrected chi connectivity index (χ4v) is 2.17. The first-order valence-corrected chi connectivity index (χ1v) is 6.34. The summed E-state index contributed by atoms with van der Waals surface area (Å²) in [5, 5.41) is 1.68. The minimum Gasteiger partial charge on any atom is -0.497 e. The topological polar surface area (TPSA) is 22.1 Å². The number of alkyl halides is 1. The standard InChI is InChI=1S/C13H13Cl2NO/c1-17-10-4-5-12-11(7-10)13(15)9(8-16-12)3-2-6-14/h4-5,7-8H,2-3,6H2,1H3. The molecule has 0 aliphatic carbocycles. The summed E-state index contributed by atoms with van der Waals surface area (Å²) < 4.78 is 5.19. The van der Waals surface area contributed by atoms with Crippen LogP contribution in [0.15, 0.2) is 24.4 Å². The lowest BCUT2D eigenvalue weighted by Gasteiger charge is -2.07. The number of aromatic nitrogens is 1. The molecule has 0 fully saturated rings. The number of methoxy groups -OCH3 is 1. The van der Waals surface area contributed by atoms with Crippen LogP contribution in [-0.2, 0) is 6.42 Å². The molecule has 1 heterocycles. The maximum atomic E-state index is 6.37. The minimum absolute atomic E-state index is 0.631. The van der Waals surface area contributed by atoms with E-state index in [1.165, 1.54) is 0 Å². The zero-order chi connectivity index (χ0) is 12.3. The number of benzene rings is 1. The van der Waals surface area contributed by atoms with Gasteiger partial charge in [0.25, 0.3) is 0 Å². The van der Waals surface area contributed by atoms with Crippen LogP contribution in [-0.4, -0.2) is 18.0 Å². The van der Waals surface area contributed by atoms with E-state index >= 15 is 0 Å². The van der Waals surface area contributed by atoms with Crippen molar-refractivity contribution in [3.05, 3.63) is 35.0 Å². The molecule has 0 radical (unpaired) electrons. The van der Waals surface area contributed by atoms with Gasteiger partial charge in [-0.3, -0.25) is 4.98 Å². The van der Waals surface area contributed by atoms with Crippen LogP contribution in [0, 0.1) is 0 Å². The lowest BCUT2D eigenvalue weighted by molar-refractivity contribution is 0.415. The van der Waals surface area contributed by atoms with Gasteiger partial charge in [-0.15, -0.1) is 11.6 Å². The first-order chi connectivity index (χ1) is 8.26. The highest BCUT2D eigenvalue weighted by molar-refractivity contribution is 6.36. The highest BCUT2D eigenvalue weighted by Crippen LogP contribution is 2.29. The van der Waals surface area contributed by atoms with Crippen molar-refractivity contribution >= 4 is 34.1 Å². The van der Waals surface area contributed by atoms with E-state index in [1.807, 2.05) is 24.4 Å². The Morgan fingerprint density at radius 1 is 1.35 bits per heavy atom. The summed E-state index contributed by atoms with van der Waals surface area (Å²) in [6, 6.07) is 5.70. The molecular weight excluding hydrogens is 257 g/mol. The lowest BCUT2D eigenvalue weighted by Crippen LogP contribution is -1.92. The van der Waals surface area contributed by atoms with Crippen molar-refractivity contribution in [2.75, 3.05) is 13.0 Å². The van der Waals surface area contributed by atoms with Crippen LogP contribution in [0.5, 0.6) is 5.75 Å². The van der Waals surface area contributed by atoms with Crippen molar-refractivity contribution in [2.45, 2.75) is 12.8 Å². The molecule has 0 atom stereocenters. The Balaban J connectivity index is 2.48. The third kappa shape index (κ3) is 2.64. The number of rotatable bonds is 4. The monoisotopic (exact) mass is 269 g/mol. The number of aryl methyl sites for hydroxylation is 1. The molecule has 0 aliphatic rings. The Hall–Kier alpha value is -0.990. The number of hydrogen-bond acceptors (Lipinski definition) is 2. The SMILES string of the molecule is COc1ccc2ncc(CCCCl)c(Cl)c2c1. The smallest absolute Gasteiger partial charge is 0.119 e. The molecule has 0 amide bonds. The molecule has 0 saturated carbocycles.